The summed E-state index contributed by atoms with van der Waals surface area (Å²) < 4.78 is 34.9. The Bertz CT molecular complexity index is 2940. The van der Waals surface area contributed by atoms with Crippen LogP contribution >= 0.6 is 46.5 Å². The quantitative estimate of drug-likeness (QED) is 0.0129. The lowest BCUT2D eigenvalue weighted by atomic mass is 9.89. The van der Waals surface area contributed by atoms with Crippen molar-refractivity contribution in [2.24, 2.45) is 11.1 Å². The van der Waals surface area contributed by atoms with Crippen LogP contribution in [0.5, 0.6) is 23.0 Å². The topological polar surface area (TPSA) is 182 Å². The van der Waals surface area contributed by atoms with Crippen LogP contribution in [0, 0.1) is 12.8 Å². The Balaban J connectivity index is 1.05. The van der Waals surface area contributed by atoms with Gasteiger partial charge < -0.3 is 33.2 Å². The van der Waals surface area contributed by atoms with Crippen molar-refractivity contribution in [2.45, 2.75) is 101 Å². The lowest BCUT2D eigenvalue weighted by Crippen LogP contribution is -2.62. The Labute approximate surface area is 442 Å². The van der Waals surface area contributed by atoms with Crippen LogP contribution in [0.2, 0.25) is 5.02 Å². The molecule has 2 aromatic heterocycles. The summed E-state index contributed by atoms with van der Waals surface area (Å²) in [7, 11) is 8.63. The second-order valence-corrected chi connectivity index (χ2v) is 22.3. The molecular formula is C52H53BClN4O12S3+. The summed E-state index contributed by atoms with van der Waals surface area (Å²) in [6.45, 7) is 12.0. The number of carbonyl (C=O) groups is 5. The molecule has 0 unspecified atom stereocenters. The standard InChI is InChI=1S/C52H53BClN4O12S3/c1-29-46(44(49(62)69-53)58-47(61)37(48(58)72-29)24-39(59)43(38-28-71-30(2)55-38)56-70-52(6,7)50(63)68-51(3,4)5)73-35-20-22-57(23-21-35)25-40(60)36-18-19-41(66-26-31-10-14-33(64-8)15-11-31)45(42(36)54)67-27-32-12-16-34(65-9)17-13-32/h10-23,28-29,37,48H,24-27H2,1-9H3/q+1/b56-43-/t29-,37+,48+/m0/s1. The minimum absolute atomic E-state index is 0.0353. The molecule has 2 radical (unpaired) electrons. The summed E-state index contributed by atoms with van der Waals surface area (Å²) in [6.07, 6.45) is 3.14. The maximum Gasteiger partial charge on any atom is 0.378 e. The number of esters is 1. The third-order valence-electron chi connectivity index (χ3n) is 11.3. The molecule has 3 atom stereocenters. The molecule has 380 valence electrons. The number of thiazole rings is 1. The van der Waals surface area contributed by atoms with Crippen LogP contribution in [-0.4, -0.2) is 89.1 Å². The van der Waals surface area contributed by atoms with E-state index in [0.29, 0.717) is 32.1 Å². The zero-order chi connectivity index (χ0) is 52.8. The third-order valence-corrected chi connectivity index (χ3v) is 15.3. The fraction of sp³-hybridized carbons (Fsp3) is 0.346. The van der Waals surface area contributed by atoms with Gasteiger partial charge in [-0.3, -0.25) is 19.3 Å². The first-order chi connectivity index (χ1) is 34.7. The Morgan fingerprint density at radius 2 is 1.51 bits per heavy atom. The number of Topliss-reactive ketones (excluding diaryl/α,β-unsaturated/α-hetero) is 2. The largest absolute Gasteiger partial charge is 0.539 e. The second kappa shape index (κ2) is 23.2. The smallest absolute Gasteiger partial charge is 0.378 e. The number of benzene rings is 3. The molecule has 16 nitrogen and oxygen atoms in total. The van der Waals surface area contributed by atoms with Gasteiger partial charge in [0.1, 0.15) is 41.7 Å². The van der Waals surface area contributed by atoms with Gasteiger partial charge in [-0.05, 0) is 96.0 Å². The van der Waals surface area contributed by atoms with Crippen LogP contribution in [0.25, 0.3) is 0 Å². The van der Waals surface area contributed by atoms with E-state index in [0.717, 1.165) is 11.1 Å². The van der Waals surface area contributed by atoms with Crippen molar-refractivity contribution < 1.29 is 61.7 Å². The Morgan fingerprint density at radius 3 is 2.07 bits per heavy atom. The predicted molar refractivity (Wildman–Crippen MR) is 277 cm³/mol. The zero-order valence-corrected chi connectivity index (χ0v) is 44.8. The van der Waals surface area contributed by atoms with Crippen LogP contribution in [0.1, 0.15) is 80.1 Å². The summed E-state index contributed by atoms with van der Waals surface area (Å²) in [5, 5.41) is 5.53. The molecule has 1 saturated heterocycles. The molecule has 5 aromatic rings. The van der Waals surface area contributed by atoms with Crippen molar-refractivity contribution in [3.8, 4) is 23.0 Å². The number of ether oxygens (including phenoxy) is 5. The number of thioether (sulfide) groups is 2. The summed E-state index contributed by atoms with van der Waals surface area (Å²) in [6, 6.07) is 21.6. The Kier molecular flexibility index (Phi) is 17.3. The first-order valence-electron chi connectivity index (χ1n) is 22.8. The molecule has 2 aliphatic heterocycles. The second-order valence-electron chi connectivity index (χ2n) is 18.3. The van der Waals surface area contributed by atoms with Crippen molar-refractivity contribution in [1.29, 1.82) is 0 Å². The molecule has 73 heavy (non-hydrogen) atoms. The summed E-state index contributed by atoms with van der Waals surface area (Å²) in [5.41, 5.74) is -0.385. The van der Waals surface area contributed by atoms with Crippen LogP contribution < -0.4 is 23.5 Å². The van der Waals surface area contributed by atoms with E-state index in [-0.39, 0.29) is 70.7 Å². The molecule has 1 fully saturated rings. The van der Waals surface area contributed by atoms with E-state index < -0.39 is 46.1 Å². The average Bonchev–Trinajstić information content (AvgIpc) is 3.80. The minimum atomic E-state index is -1.56. The molecule has 3 aromatic carbocycles. The van der Waals surface area contributed by atoms with Gasteiger partial charge in [-0.15, -0.1) is 23.1 Å². The number of fused-ring (bicyclic) bond motifs is 1. The molecule has 0 N–H and O–H groups in total. The molecule has 0 saturated carbocycles. The number of aromatic nitrogens is 2. The summed E-state index contributed by atoms with van der Waals surface area (Å²) >= 11 is 10.9. The zero-order valence-electron chi connectivity index (χ0n) is 41.6. The number of hydrogen-bond acceptors (Lipinski definition) is 17. The van der Waals surface area contributed by atoms with Crippen LogP contribution in [0.15, 0.2) is 111 Å². The van der Waals surface area contributed by atoms with Crippen molar-refractivity contribution >= 4 is 89.6 Å². The average molecular weight is 1070 g/mol. The minimum Gasteiger partial charge on any atom is -0.539 e. The van der Waals surface area contributed by atoms with Crippen LogP contribution in [-0.2, 0) is 53.2 Å². The lowest BCUT2D eigenvalue weighted by molar-refractivity contribution is -0.683. The number of amides is 1. The first-order valence-corrected chi connectivity index (χ1v) is 25.8. The number of β-lactam (4-membered cyclic amide) rings is 1. The maximum atomic E-state index is 14.0. The number of hydrogen-bond donors (Lipinski definition) is 0. The Hall–Kier alpha value is -6.35. The number of nitrogens with zero attached hydrogens (tertiary/aromatic N) is 4. The highest BCUT2D eigenvalue weighted by Gasteiger charge is 2.56. The fourth-order valence-corrected chi connectivity index (χ4v) is 11.0. The van der Waals surface area contributed by atoms with Crippen LogP contribution in [0.4, 0.5) is 0 Å². The van der Waals surface area contributed by atoms with Gasteiger partial charge in [0.15, 0.2) is 35.4 Å². The van der Waals surface area contributed by atoms with E-state index in [1.807, 2.05) is 55.5 Å². The highest BCUT2D eigenvalue weighted by Crippen LogP contribution is 2.52. The van der Waals surface area contributed by atoms with Gasteiger partial charge in [-0.2, -0.15) is 4.57 Å². The number of carbonyl (C=O) groups excluding carboxylic acids is 5. The molecule has 4 heterocycles. The molecule has 0 bridgehead atoms. The highest BCUT2D eigenvalue weighted by atomic mass is 35.5. The van der Waals surface area contributed by atoms with E-state index in [2.05, 4.69) is 10.1 Å². The number of methoxy groups -OCH3 is 2. The SMILES string of the molecule is [B]OC(=O)C1=C(Sc2cc[n+](CC(=O)c3ccc(OCc4ccc(OC)cc4)c(OCc4ccc(OC)cc4)c3Cl)cc2)[C@H](C)S[C@@H]2[C@H](CC(=O)/C(=N\OC(C)(C)C(=O)OC(C)(C)C)c3csc(C)n3)C(=O)N12. The molecule has 2 aliphatic rings. The van der Waals surface area contributed by atoms with Crippen molar-refractivity contribution in [1.82, 2.24) is 9.88 Å². The number of ketones is 2. The maximum absolute atomic E-state index is 14.0. The first kappa shape index (κ1) is 54.4. The summed E-state index contributed by atoms with van der Waals surface area (Å²) in [5.74, 6) is -1.83. The number of aryl methyl sites for hydroxylation is 1. The molecule has 1 amide bonds. The van der Waals surface area contributed by atoms with E-state index >= 15 is 0 Å². The van der Waals surface area contributed by atoms with Crippen molar-refractivity contribution in [3.05, 3.63) is 134 Å². The van der Waals surface area contributed by atoms with Gasteiger partial charge in [0.2, 0.25) is 23.8 Å². The number of oxime groups is 1. The monoisotopic (exact) mass is 1070 g/mol. The molecule has 7 rings (SSSR count). The lowest BCUT2D eigenvalue weighted by Gasteiger charge is -2.51. The van der Waals surface area contributed by atoms with Crippen molar-refractivity contribution in [2.75, 3.05) is 14.2 Å². The van der Waals surface area contributed by atoms with E-state index in [9.17, 15) is 24.0 Å². The molecule has 0 aliphatic carbocycles. The fourth-order valence-electron chi connectivity index (χ4n) is 7.44. The summed E-state index contributed by atoms with van der Waals surface area (Å²) in [4.78, 5) is 80.8. The normalized spacial score (nSPS) is 16.7. The van der Waals surface area contributed by atoms with Gasteiger partial charge in [0, 0.05) is 44.5 Å². The van der Waals surface area contributed by atoms with Gasteiger partial charge in [0.25, 0.3) is 0 Å². The van der Waals surface area contributed by atoms with Crippen molar-refractivity contribution in [3.63, 3.8) is 0 Å². The van der Waals surface area contributed by atoms with Crippen LogP contribution in [0.3, 0.4) is 0 Å². The molecule has 0 spiro atoms. The van der Waals surface area contributed by atoms with E-state index in [1.165, 1.54) is 53.6 Å². The van der Waals surface area contributed by atoms with E-state index in [4.69, 9.17) is 52.8 Å². The number of halogens is 1. The highest BCUT2D eigenvalue weighted by molar-refractivity contribution is 8.06. The van der Waals surface area contributed by atoms with Gasteiger partial charge in [0.05, 0.1) is 35.5 Å². The van der Waals surface area contributed by atoms with Gasteiger partial charge in [-0.25, -0.2) is 14.6 Å². The Morgan fingerprint density at radius 1 is 0.890 bits per heavy atom. The predicted octanol–water partition coefficient (Wildman–Crippen LogP) is 8.80. The number of rotatable bonds is 21. The number of pyridine rings is 1. The van der Waals surface area contributed by atoms with E-state index in [1.54, 1.807) is 88.5 Å². The van der Waals surface area contributed by atoms with Gasteiger partial charge >= 0.3 is 20.0 Å². The molecule has 21 heteroatoms. The molecular weight excluding hydrogens is 1020 g/mol. The van der Waals surface area contributed by atoms with Gasteiger partial charge in [-0.1, -0.05) is 52.8 Å². The third kappa shape index (κ3) is 13.1.